The van der Waals surface area contributed by atoms with Crippen LogP contribution in [0.4, 0.5) is 0 Å². The van der Waals surface area contributed by atoms with Crippen molar-refractivity contribution in [1.82, 2.24) is 0 Å². The Labute approximate surface area is 82.9 Å². The van der Waals surface area contributed by atoms with Crippen LogP contribution in [0.1, 0.15) is 25.3 Å². The number of hydrogen-bond donors (Lipinski definition) is 1. The largest absolute Gasteiger partial charge is 0.305 e. The maximum atomic E-state index is 7.74. The van der Waals surface area contributed by atoms with E-state index in [4.69, 9.17) is 5.41 Å². The first kappa shape index (κ1) is 10.5. The fourth-order valence-electron chi connectivity index (χ4n) is 1.19. The summed E-state index contributed by atoms with van der Waals surface area (Å²) >= 11 is 0. The Bertz CT molecular complexity index is 281. The molecule has 3 heteroatoms. The molecule has 1 N–H and O–H groups in total. The summed E-state index contributed by atoms with van der Waals surface area (Å²) in [5.74, 6) is 0. The van der Waals surface area contributed by atoms with E-state index in [0.29, 0.717) is 0 Å². The Morgan fingerprint density at radius 1 is 1.38 bits per heavy atom. The summed E-state index contributed by atoms with van der Waals surface area (Å²) in [6.07, 6.45) is 1.90. The summed E-state index contributed by atoms with van der Waals surface area (Å²) < 4.78 is 0. The second-order valence-corrected chi connectivity index (χ2v) is 3.35. The molecule has 1 rings (SSSR count). The fourth-order valence-corrected chi connectivity index (χ4v) is 1.41. The zero-order valence-corrected chi connectivity index (χ0v) is 9.03. The lowest BCUT2D eigenvalue weighted by atomic mass is 9.92. The first-order valence-electron chi connectivity index (χ1n) is 4.50. The fraction of sp³-hybridized carbons (Fsp3) is 0.300. The van der Waals surface area contributed by atoms with Crippen molar-refractivity contribution < 1.29 is 0 Å². The molecular formula is C10H14BNP. The lowest BCUT2D eigenvalue weighted by molar-refractivity contribution is 0.986. The smallest absolute Gasteiger partial charge is 0.178 e. The van der Waals surface area contributed by atoms with E-state index in [0.717, 1.165) is 24.1 Å². The highest BCUT2D eigenvalue weighted by Gasteiger charge is 1.99. The van der Waals surface area contributed by atoms with Crippen LogP contribution in [0.2, 0.25) is 0 Å². The van der Waals surface area contributed by atoms with E-state index >= 15 is 0 Å². The number of nitrogens with one attached hydrogen (secondary N) is 1. The van der Waals surface area contributed by atoms with Crippen molar-refractivity contribution in [2.45, 2.75) is 19.8 Å². The van der Waals surface area contributed by atoms with Crippen LogP contribution in [0, 0.1) is 5.41 Å². The van der Waals surface area contributed by atoms with E-state index < -0.39 is 0 Å². The first-order valence-corrected chi connectivity index (χ1v) is 5.17. The molecule has 1 aromatic rings. The van der Waals surface area contributed by atoms with Gasteiger partial charge in [-0.3, -0.25) is 0 Å². The van der Waals surface area contributed by atoms with Crippen LogP contribution < -0.4 is 5.46 Å². The Morgan fingerprint density at radius 2 is 2.00 bits per heavy atom. The van der Waals surface area contributed by atoms with Crippen LogP contribution in [-0.2, 0) is 0 Å². The monoisotopic (exact) mass is 190 g/mol. The quantitative estimate of drug-likeness (QED) is 0.426. The zero-order chi connectivity index (χ0) is 9.68. The van der Waals surface area contributed by atoms with Gasteiger partial charge in [0.1, 0.15) is 0 Å². The van der Waals surface area contributed by atoms with Gasteiger partial charge in [0.25, 0.3) is 0 Å². The van der Waals surface area contributed by atoms with Gasteiger partial charge in [-0.15, -0.1) is 0 Å². The van der Waals surface area contributed by atoms with Gasteiger partial charge in [0.2, 0.25) is 0 Å². The minimum atomic E-state index is 0.734. The average molecular weight is 190 g/mol. The van der Waals surface area contributed by atoms with Crippen molar-refractivity contribution in [2.24, 2.45) is 0 Å². The summed E-state index contributed by atoms with van der Waals surface area (Å²) in [6.45, 7) is 4.08. The molecule has 0 aliphatic heterocycles. The van der Waals surface area contributed by atoms with Crippen LogP contribution in [0.25, 0.3) is 0 Å². The minimum Gasteiger partial charge on any atom is -0.305 e. The molecule has 1 nitrogen and oxygen atoms in total. The molecule has 0 saturated heterocycles. The van der Waals surface area contributed by atoms with Gasteiger partial charge in [0.05, 0.1) is 0 Å². The number of rotatable bonds is 4. The van der Waals surface area contributed by atoms with Crippen molar-refractivity contribution in [3.05, 3.63) is 29.8 Å². The van der Waals surface area contributed by atoms with Gasteiger partial charge in [-0.2, -0.15) is 9.12 Å². The van der Waals surface area contributed by atoms with Gasteiger partial charge in [0, 0.05) is 5.71 Å². The van der Waals surface area contributed by atoms with E-state index in [2.05, 4.69) is 16.0 Å². The summed E-state index contributed by atoms with van der Waals surface area (Å²) in [5, 5.41) is 7.74. The second kappa shape index (κ2) is 5.19. The summed E-state index contributed by atoms with van der Waals surface area (Å²) in [5.41, 5.74) is 2.95. The Kier molecular flexibility index (Phi) is 4.18. The van der Waals surface area contributed by atoms with E-state index in [1.165, 1.54) is 5.46 Å². The summed E-state index contributed by atoms with van der Waals surface area (Å²) in [7, 11) is 2.58. The van der Waals surface area contributed by atoms with Crippen molar-refractivity contribution in [3.63, 3.8) is 0 Å². The zero-order valence-electron chi connectivity index (χ0n) is 7.88. The van der Waals surface area contributed by atoms with E-state index in [1.807, 2.05) is 31.3 Å². The highest BCUT2D eigenvalue weighted by Crippen LogP contribution is 2.03. The molecule has 67 valence electrons. The Hall–Kier alpha value is -0.615. The third-order valence-corrected chi connectivity index (χ3v) is 2.34. The molecule has 1 radical (unpaired) electrons. The van der Waals surface area contributed by atoms with Crippen molar-refractivity contribution >= 4 is 27.3 Å². The summed E-state index contributed by atoms with van der Waals surface area (Å²) in [6, 6.07) is 8.08. The van der Waals surface area contributed by atoms with E-state index in [-0.39, 0.29) is 0 Å². The molecule has 1 unspecified atom stereocenters. The SMILES string of the molecule is CCCC(=N)c1ccc([B]P)cc1. The maximum Gasteiger partial charge on any atom is 0.178 e. The van der Waals surface area contributed by atoms with Crippen molar-refractivity contribution in [3.8, 4) is 0 Å². The molecule has 0 fully saturated rings. The van der Waals surface area contributed by atoms with Gasteiger partial charge in [-0.1, -0.05) is 43.1 Å². The van der Waals surface area contributed by atoms with E-state index in [1.54, 1.807) is 0 Å². The van der Waals surface area contributed by atoms with Crippen LogP contribution in [0.3, 0.4) is 0 Å². The van der Waals surface area contributed by atoms with Gasteiger partial charge < -0.3 is 5.41 Å². The lowest BCUT2D eigenvalue weighted by Crippen LogP contribution is -2.08. The molecule has 0 aliphatic rings. The minimum absolute atomic E-state index is 0.734. The third-order valence-electron chi connectivity index (χ3n) is 1.95. The molecule has 0 saturated carbocycles. The highest BCUT2D eigenvalue weighted by molar-refractivity contribution is 7.58. The molecule has 0 spiro atoms. The average Bonchev–Trinajstić information content (AvgIpc) is 2.18. The van der Waals surface area contributed by atoms with Crippen molar-refractivity contribution in [2.75, 3.05) is 0 Å². The molecule has 0 amide bonds. The molecule has 1 aromatic carbocycles. The molecule has 0 bridgehead atoms. The van der Waals surface area contributed by atoms with E-state index in [9.17, 15) is 0 Å². The third kappa shape index (κ3) is 2.97. The topological polar surface area (TPSA) is 23.9 Å². The van der Waals surface area contributed by atoms with Crippen LogP contribution >= 0.6 is 9.12 Å². The number of hydrogen-bond acceptors (Lipinski definition) is 1. The Balaban J connectivity index is 2.74. The molecule has 1 atom stereocenters. The standard InChI is InChI=1S/C10H14BNP/c1-2-3-10(12)8-4-6-9(11-13)7-5-8/h4-7,12H,2-3,13H2,1H3. The Morgan fingerprint density at radius 3 is 2.46 bits per heavy atom. The maximum absolute atomic E-state index is 7.74. The molecule has 0 heterocycles. The van der Waals surface area contributed by atoms with Gasteiger partial charge in [-0.05, 0) is 12.0 Å². The van der Waals surface area contributed by atoms with Crippen molar-refractivity contribution in [1.29, 1.82) is 5.41 Å². The highest BCUT2D eigenvalue weighted by atomic mass is 31.0. The van der Waals surface area contributed by atoms with Gasteiger partial charge in [0.15, 0.2) is 7.00 Å². The molecule has 13 heavy (non-hydrogen) atoms. The summed E-state index contributed by atoms with van der Waals surface area (Å²) in [4.78, 5) is 0. The number of benzene rings is 1. The van der Waals surface area contributed by atoms with Gasteiger partial charge >= 0.3 is 0 Å². The molecule has 0 aromatic heterocycles. The lowest BCUT2D eigenvalue weighted by Gasteiger charge is -2.02. The second-order valence-electron chi connectivity index (χ2n) is 3.02. The normalized spacial score (nSPS) is 9.69. The van der Waals surface area contributed by atoms with Crippen LogP contribution in [0.15, 0.2) is 24.3 Å². The molecule has 0 aliphatic carbocycles. The predicted octanol–water partition coefficient (Wildman–Crippen LogP) is 1.97. The van der Waals surface area contributed by atoms with Crippen LogP contribution in [0.5, 0.6) is 0 Å². The van der Waals surface area contributed by atoms with Gasteiger partial charge in [-0.25, -0.2) is 0 Å². The molecular weight excluding hydrogens is 176 g/mol. The first-order chi connectivity index (χ1) is 6.27. The van der Waals surface area contributed by atoms with Crippen LogP contribution in [-0.4, -0.2) is 12.7 Å². The predicted molar refractivity (Wildman–Crippen MR) is 63.3 cm³/mol.